The van der Waals surface area contributed by atoms with Gasteiger partial charge < -0.3 is 14.4 Å². The predicted molar refractivity (Wildman–Crippen MR) is 64.8 cm³/mol. The van der Waals surface area contributed by atoms with Crippen molar-refractivity contribution in [3.8, 4) is 11.5 Å². The van der Waals surface area contributed by atoms with Crippen molar-refractivity contribution in [1.29, 1.82) is 0 Å². The topological polar surface area (TPSA) is 38.8 Å². The van der Waals surface area contributed by atoms with Crippen LogP contribution in [0.2, 0.25) is 0 Å². The van der Waals surface area contributed by atoms with Crippen LogP contribution in [-0.2, 0) is 0 Å². The summed E-state index contributed by atoms with van der Waals surface area (Å²) in [7, 11) is 1.61. The molecule has 1 amide bonds. The first-order valence-corrected chi connectivity index (χ1v) is 5.82. The zero-order chi connectivity index (χ0) is 12.3. The molecule has 1 aliphatic heterocycles. The number of likely N-dealkylation sites (tertiary alicyclic amines) is 1. The normalized spacial score (nSPS) is 19.2. The minimum absolute atomic E-state index is 0.00445. The summed E-state index contributed by atoms with van der Waals surface area (Å²) < 4.78 is 10.9. The summed E-state index contributed by atoms with van der Waals surface area (Å²) in [6, 6.07) is 7.42. The number of methoxy groups -OCH3 is 1. The van der Waals surface area contributed by atoms with Gasteiger partial charge in [0.05, 0.1) is 13.7 Å². The third-order valence-corrected chi connectivity index (χ3v) is 2.98. The van der Waals surface area contributed by atoms with E-state index in [1.54, 1.807) is 12.0 Å². The van der Waals surface area contributed by atoms with Gasteiger partial charge in [0.1, 0.15) is 17.6 Å². The van der Waals surface area contributed by atoms with Gasteiger partial charge in [-0.05, 0) is 23.7 Å². The van der Waals surface area contributed by atoms with Crippen LogP contribution in [0.4, 0.5) is 4.79 Å². The summed E-state index contributed by atoms with van der Waals surface area (Å²) in [6.07, 6.45) is 0.806. The van der Waals surface area contributed by atoms with E-state index in [1.165, 1.54) is 0 Å². The number of nitrogens with zero attached hydrogens (tertiary/aromatic N) is 1. The molecule has 0 saturated carbocycles. The third kappa shape index (κ3) is 3.03. The Labute approximate surface area is 105 Å². The summed E-state index contributed by atoms with van der Waals surface area (Å²) in [4.78, 5) is 12.5. The van der Waals surface area contributed by atoms with Gasteiger partial charge >= 0.3 is 5.37 Å². The van der Waals surface area contributed by atoms with Gasteiger partial charge in [0.25, 0.3) is 0 Å². The van der Waals surface area contributed by atoms with E-state index < -0.39 is 5.37 Å². The quantitative estimate of drug-likeness (QED) is 0.615. The highest BCUT2D eigenvalue weighted by molar-refractivity contribution is 6.62. The van der Waals surface area contributed by atoms with Crippen molar-refractivity contribution in [3.05, 3.63) is 24.3 Å². The average Bonchev–Trinajstić information content (AvgIpc) is 2.78. The summed E-state index contributed by atoms with van der Waals surface area (Å²) in [5.74, 6) is 1.50. The zero-order valence-corrected chi connectivity index (χ0v) is 10.3. The maximum Gasteiger partial charge on any atom is 0.316 e. The molecule has 2 rings (SSSR count). The second-order valence-corrected chi connectivity index (χ2v) is 4.23. The predicted octanol–water partition coefficient (Wildman–Crippen LogP) is 2.51. The van der Waals surface area contributed by atoms with Gasteiger partial charge in [0.2, 0.25) is 0 Å². The largest absolute Gasteiger partial charge is 0.497 e. The molecule has 1 unspecified atom stereocenters. The molecule has 1 aromatic rings. The second kappa shape index (κ2) is 5.27. The number of benzene rings is 1. The monoisotopic (exact) mass is 255 g/mol. The number of ether oxygens (including phenoxy) is 2. The number of rotatable bonds is 3. The summed E-state index contributed by atoms with van der Waals surface area (Å²) in [6.45, 7) is 1.19. The van der Waals surface area contributed by atoms with Crippen LogP contribution in [0.3, 0.4) is 0 Å². The van der Waals surface area contributed by atoms with Gasteiger partial charge in [-0.3, -0.25) is 4.79 Å². The molecule has 0 radical (unpaired) electrons. The molecule has 1 saturated heterocycles. The highest BCUT2D eigenvalue weighted by Gasteiger charge is 2.26. The van der Waals surface area contributed by atoms with Gasteiger partial charge in [0.15, 0.2) is 0 Å². The molecule has 1 aromatic carbocycles. The fourth-order valence-corrected chi connectivity index (χ4v) is 2.00. The van der Waals surface area contributed by atoms with E-state index >= 15 is 0 Å². The van der Waals surface area contributed by atoms with E-state index in [2.05, 4.69) is 0 Å². The van der Waals surface area contributed by atoms with Crippen LogP contribution >= 0.6 is 11.6 Å². The molecule has 0 aromatic heterocycles. The van der Waals surface area contributed by atoms with Crippen molar-refractivity contribution < 1.29 is 14.3 Å². The van der Waals surface area contributed by atoms with Crippen LogP contribution in [0.5, 0.6) is 11.5 Å². The van der Waals surface area contributed by atoms with E-state index in [-0.39, 0.29) is 6.10 Å². The molecule has 0 aliphatic carbocycles. The molecule has 0 bridgehead atoms. The number of hydrogen-bond donors (Lipinski definition) is 0. The van der Waals surface area contributed by atoms with Crippen molar-refractivity contribution >= 4 is 17.0 Å². The molecule has 1 atom stereocenters. The molecule has 4 nitrogen and oxygen atoms in total. The molecule has 5 heteroatoms. The molecule has 0 N–H and O–H groups in total. The maximum absolute atomic E-state index is 11.0. The first kappa shape index (κ1) is 12.0. The van der Waals surface area contributed by atoms with Gasteiger partial charge in [-0.15, -0.1) is 0 Å². The first-order valence-electron chi connectivity index (χ1n) is 5.44. The fourth-order valence-electron chi connectivity index (χ4n) is 1.85. The minimum atomic E-state index is -0.415. The Hall–Kier alpha value is -1.42. The van der Waals surface area contributed by atoms with E-state index in [9.17, 15) is 4.79 Å². The molecular formula is C12H14ClNO3. The van der Waals surface area contributed by atoms with E-state index in [0.717, 1.165) is 17.9 Å². The number of halogens is 1. The van der Waals surface area contributed by atoms with Gasteiger partial charge in [-0.2, -0.15) is 0 Å². The van der Waals surface area contributed by atoms with Crippen molar-refractivity contribution in [2.75, 3.05) is 20.2 Å². The summed E-state index contributed by atoms with van der Waals surface area (Å²) in [5.41, 5.74) is 0. The van der Waals surface area contributed by atoms with Crippen molar-refractivity contribution in [2.45, 2.75) is 12.5 Å². The first-order chi connectivity index (χ1) is 8.19. The van der Waals surface area contributed by atoms with E-state index in [1.807, 2.05) is 24.3 Å². The van der Waals surface area contributed by atoms with Crippen LogP contribution < -0.4 is 9.47 Å². The average molecular weight is 256 g/mol. The lowest BCUT2D eigenvalue weighted by atomic mass is 10.3. The maximum atomic E-state index is 11.0. The summed E-state index contributed by atoms with van der Waals surface area (Å²) in [5, 5.41) is -0.415. The molecule has 1 aliphatic rings. The van der Waals surface area contributed by atoms with Gasteiger partial charge in [-0.1, -0.05) is 6.07 Å². The lowest BCUT2D eigenvalue weighted by Gasteiger charge is -2.15. The molecule has 1 heterocycles. The molecular weight excluding hydrogens is 242 g/mol. The van der Waals surface area contributed by atoms with Gasteiger partial charge in [-0.25, -0.2) is 0 Å². The van der Waals surface area contributed by atoms with E-state index in [0.29, 0.717) is 13.1 Å². The standard InChI is InChI=1S/C12H14ClNO3/c1-16-9-3-2-4-10(7-9)17-11-5-6-14(8-11)12(13)15/h2-4,7,11H,5-6,8H2,1H3. The lowest BCUT2D eigenvalue weighted by Crippen LogP contribution is -2.26. The number of amides is 1. The minimum Gasteiger partial charge on any atom is -0.497 e. The molecule has 1 fully saturated rings. The third-order valence-electron chi connectivity index (χ3n) is 2.74. The Balaban J connectivity index is 1.95. The lowest BCUT2D eigenvalue weighted by molar-refractivity contribution is 0.199. The molecule has 17 heavy (non-hydrogen) atoms. The Morgan fingerprint density at radius 3 is 2.88 bits per heavy atom. The fraction of sp³-hybridized carbons (Fsp3) is 0.417. The van der Waals surface area contributed by atoms with Gasteiger partial charge in [0, 0.05) is 19.0 Å². The Morgan fingerprint density at radius 1 is 1.47 bits per heavy atom. The zero-order valence-electron chi connectivity index (χ0n) is 9.56. The second-order valence-electron chi connectivity index (χ2n) is 3.91. The Bertz CT molecular complexity index is 410. The van der Waals surface area contributed by atoms with Crippen LogP contribution in [-0.4, -0.2) is 36.6 Å². The highest BCUT2D eigenvalue weighted by atomic mass is 35.5. The SMILES string of the molecule is COc1cccc(OC2CCN(C(=O)Cl)C2)c1. The number of carbonyl (C=O) groups excluding carboxylic acids is 1. The smallest absolute Gasteiger partial charge is 0.316 e. The van der Waals surface area contributed by atoms with Crippen LogP contribution in [0, 0.1) is 0 Å². The number of carbonyl (C=O) groups is 1. The molecule has 0 spiro atoms. The van der Waals surface area contributed by atoms with Crippen LogP contribution in [0.25, 0.3) is 0 Å². The summed E-state index contributed by atoms with van der Waals surface area (Å²) >= 11 is 5.41. The van der Waals surface area contributed by atoms with Crippen molar-refractivity contribution in [1.82, 2.24) is 4.90 Å². The Morgan fingerprint density at radius 2 is 2.24 bits per heavy atom. The van der Waals surface area contributed by atoms with E-state index in [4.69, 9.17) is 21.1 Å². The molecule has 92 valence electrons. The Kier molecular flexibility index (Phi) is 3.74. The van der Waals surface area contributed by atoms with Crippen molar-refractivity contribution in [2.24, 2.45) is 0 Å². The van der Waals surface area contributed by atoms with Crippen LogP contribution in [0.1, 0.15) is 6.42 Å². The number of hydrogen-bond acceptors (Lipinski definition) is 3. The van der Waals surface area contributed by atoms with Crippen molar-refractivity contribution in [3.63, 3.8) is 0 Å². The van der Waals surface area contributed by atoms with Crippen LogP contribution in [0.15, 0.2) is 24.3 Å². The highest BCUT2D eigenvalue weighted by Crippen LogP contribution is 2.23.